The van der Waals surface area contributed by atoms with Crippen LogP contribution in [0.25, 0.3) is 128 Å². The molecule has 10 aromatic carbocycles. The van der Waals surface area contributed by atoms with Crippen LogP contribution in [0.3, 0.4) is 0 Å². The predicted molar refractivity (Wildman–Crippen MR) is 346 cm³/mol. The summed E-state index contributed by atoms with van der Waals surface area (Å²) >= 11 is 0. The Bertz CT molecular complexity index is 4970. The van der Waals surface area contributed by atoms with Crippen LogP contribution >= 0.6 is 0 Å². The number of furan rings is 1. The molecule has 0 N–H and O–H groups in total. The minimum Gasteiger partial charge on any atom is -0.458 e. The normalized spacial score (nSPS) is 12.6. The molecule has 15 rings (SSSR count). The van der Waals surface area contributed by atoms with Gasteiger partial charge in [-0.1, -0.05) is 202 Å². The van der Waals surface area contributed by atoms with Gasteiger partial charge in [0, 0.05) is 33.8 Å². The maximum Gasteiger partial charge on any atom is 0.269 e. The summed E-state index contributed by atoms with van der Waals surface area (Å²) in [5, 5.41) is 4.52. The van der Waals surface area contributed by atoms with Crippen LogP contribution in [0.1, 0.15) is 79.0 Å². The first-order valence-corrected chi connectivity index (χ1v) is 29.2. The Morgan fingerprint density at radius 1 is 0.405 bits per heavy atom. The summed E-state index contributed by atoms with van der Waals surface area (Å²) in [5.74, 6) is 2.32. The number of hydrogen-bond acceptors (Lipinski definition) is 3. The van der Waals surface area contributed by atoms with Gasteiger partial charge in [0.15, 0.2) is 0 Å². The lowest BCUT2D eigenvalue weighted by Crippen LogP contribution is -2.32. The SMILES string of the molecule is CC(C)(C)c1cc(-c2cccc3c2-[n+]2[c-]n(-c4cccc(Oc5ccc6c7ccccc7n(-c7cc(C(C)(C)C)ccn7)c6c5)c4)c4cccc(c42)-c2ccccc2-c2ccc(-c4ccc5oc6ccccc6c5c4)cc2-3)cc(C(C)(C)C)c1. The van der Waals surface area contributed by atoms with E-state index < -0.39 is 0 Å². The van der Waals surface area contributed by atoms with Gasteiger partial charge in [-0.3, -0.25) is 13.7 Å². The van der Waals surface area contributed by atoms with E-state index in [0.717, 1.165) is 122 Å². The van der Waals surface area contributed by atoms with Crippen molar-refractivity contribution >= 4 is 54.8 Å². The van der Waals surface area contributed by atoms with Gasteiger partial charge in [-0.05, 0) is 161 Å². The van der Waals surface area contributed by atoms with E-state index in [2.05, 4.69) is 283 Å². The molecule has 84 heavy (non-hydrogen) atoms. The van der Waals surface area contributed by atoms with Gasteiger partial charge in [0.1, 0.15) is 28.5 Å². The molecule has 408 valence electrons. The first-order chi connectivity index (χ1) is 40.5. The van der Waals surface area contributed by atoms with Crippen molar-refractivity contribution in [1.82, 2.24) is 14.1 Å². The Labute approximate surface area is 490 Å². The average Bonchev–Trinajstić information content (AvgIpc) is 1.77. The van der Waals surface area contributed by atoms with Crippen LogP contribution < -0.4 is 9.30 Å². The number of benzene rings is 10. The molecule has 6 nitrogen and oxygen atoms in total. The summed E-state index contributed by atoms with van der Waals surface area (Å²) in [4.78, 5) is 4.95. The van der Waals surface area contributed by atoms with Crippen molar-refractivity contribution < 1.29 is 13.7 Å². The fourth-order valence-corrected chi connectivity index (χ4v) is 12.7. The fourth-order valence-electron chi connectivity index (χ4n) is 12.7. The second-order valence-corrected chi connectivity index (χ2v) is 25.8. The molecule has 0 saturated carbocycles. The van der Waals surface area contributed by atoms with E-state index in [0.29, 0.717) is 5.75 Å². The van der Waals surface area contributed by atoms with Crippen LogP contribution in [-0.4, -0.2) is 14.1 Å². The molecule has 0 unspecified atom stereocenters. The summed E-state index contributed by atoms with van der Waals surface area (Å²) < 4.78 is 20.2. The number of aromatic nitrogens is 4. The van der Waals surface area contributed by atoms with Crippen molar-refractivity contribution in [3.05, 3.63) is 248 Å². The van der Waals surface area contributed by atoms with Gasteiger partial charge < -0.3 is 9.15 Å². The minimum atomic E-state index is -0.101. The standard InChI is InChI=1S/C78H64N4O2/c1-76(2,3)51-37-38-79-73(44-51)82-68-28-14-12-23-61(68)62-35-33-56(46-70(62)82)83-55-20-16-19-54(45-55)80-47-81-74-57(50-39-52(77(4,5)6)43-53(40-50)78(7,8)9)25-17-26-65(74)66-41-48(49-32-36-72-67(42-49)63-24-13-15-30-71(63)84-72)31-34-60(66)58-21-10-11-22-59(58)64-27-18-29-69(80)75(64)81/h10-46H,1-9H3. The topological polar surface area (TPSA) is 49.0 Å². The van der Waals surface area contributed by atoms with E-state index in [1.54, 1.807) is 0 Å². The van der Waals surface area contributed by atoms with Crippen molar-refractivity contribution in [1.29, 1.82) is 0 Å². The Morgan fingerprint density at radius 2 is 1.01 bits per heavy atom. The fraction of sp³-hybridized carbons (Fsp3) is 0.154. The van der Waals surface area contributed by atoms with Gasteiger partial charge in [-0.25, -0.2) is 4.98 Å². The molecule has 0 fully saturated rings. The highest BCUT2D eigenvalue weighted by Crippen LogP contribution is 2.48. The lowest BCUT2D eigenvalue weighted by Gasteiger charge is -2.27. The predicted octanol–water partition coefficient (Wildman–Crippen LogP) is 20.4. The van der Waals surface area contributed by atoms with Gasteiger partial charge in [-0.2, -0.15) is 0 Å². The monoisotopic (exact) mass is 1090 g/mol. The number of imidazole rings is 1. The Morgan fingerprint density at radius 3 is 1.81 bits per heavy atom. The summed E-state index contributed by atoms with van der Waals surface area (Å²) in [7, 11) is 0. The average molecular weight is 1090 g/mol. The lowest BCUT2D eigenvalue weighted by atomic mass is 9.78. The Kier molecular flexibility index (Phi) is 11.5. The molecule has 0 bridgehead atoms. The van der Waals surface area contributed by atoms with Gasteiger partial charge in [0.2, 0.25) is 0 Å². The largest absolute Gasteiger partial charge is 0.458 e. The molecule has 6 heteroatoms. The van der Waals surface area contributed by atoms with Crippen LogP contribution in [0, 0.1) is 6.33 Å². The molecule has 0 spiro atoms. The number of para-hydroxylation sites is 4. The summed E-state index contributed by atoms with van der Waals surface area (Å²) in [6, 6.07) is 79.4. The first kappa shape index (κ1) is 51.1. The minimum absolute atomic E-state index is 0.0391. The third-order valence-electron chi connectivity index (χ3n) is 17.2. The van der Waals surface area contributed by atoms with Crippen LogP contribution in [0.2, 0.25) is 0 Å². The molecule has 0 atom stereocenters. The Hall–Kier alpha value is -9.78. The van der Waals surface area contributed by atoms with Crippen molar-refractivity contribution in [2.75, 3.05) is 0 Å². The second kappa shape index (κ2) is 18.9. The van der Waals surface area contributed by atoms with E-state index in [-0.39, 0.29) is 16.2 Å². The Balaban J connectivity index is 0.944. The van der Waals surface area contributed by atoms with Crippen LogP contribution in [0.15, 0.2) is 229 Å². The number of pyridine rings is 1. The highest BCUT2D eigenvalue weighted by molar-refractivity contribution is 6.10. The molecule has 4 aromatic heterocycles. The molecular formula is C78H64N4O2. The molecule has 0 radical (unpaired) electrons. The van der Waals surface area contributed by atoms with Crippen LogP contribution in [0.4, 0.5) is 0 Å². The van der Waals surface area contributed by atoms with Gasteiger partial charge >= 0.3 is 0 Å². The second-order valence-electron chi connectivity index (χ2n) is 25.8. The van der Waals surface area contributed by atoms with E-state index in [1.807, 2.05) is 24.4 Å². The first-order valence-electron chi connectivity index (χ1n) is 29.2. The van der Waals surface area contributed by atoms with Crippen LogP contribution in [0.5, 0.6) is 11.5 Å². The van der Waals surface area contributed by atoms with Crippen molar-refractivity contribution in [2.45, 2.75) is 78.6 Å². The molecule has 14 aromatic rings. The van der Waals surface area contributed by atoms with E-state index in [9.17, 15) is 0 Å². The highest BCUT2D eigenvalue weighted by Gasteiger charge is 2.29. The van der Waals surface area contributed by atoms with Crippen molar-refractivity contribution in [2.24, 2.45) is 0 Å². The zero-order chi connectivity index (χ0) is 57.4. The number of hydrogen-bond donors (Lipinski definition) is 0. The van der Waals surface area contributed by atoms with Gasteiger partial charge in [0.05, 0.1) is 33.4 Å². The summed E-state index contributed by atoms with van der Waals surface area (Å²) in [5.41, 5.74) is 22.9. The number of rotatable bonds is 6. The molecule has 0 saturated heterocycles. The van der Waals surface area contributed by atoms with E-state index >= 15 is 0 Å². The molecular weight excluding hydrogens is 1020 g/mol. The quantitative estimate of drug-likeness (QED) is 0.123. The third kappa shape index (κ3) is 8.45. The number of fused-ring (bicyclic) bond motifs is 13. The van der Waals surface area contributed by atoms with Crippen molar-refractivity contribution in [3.8, 4) is 84.3 Å². The molecule has 1 aliphatic heterocycles. The zero-order valence-corrected chi connectivity index (χ0v) is 49.0. The zero-order valence-electron chi connectivity index (χ0n) is 49.0. The maximum atomic E-state index is 6.96. The number of ether oxygens (including phenoxy) is 1. The maximum absolute atomic E-state index is 6.96. The molecule has 5 heterocycles. The highest BCUT2D eigenvalue weighted by atomic mass is 16.5. The molecule has 0 amide bonds. The van der Waals surface area contributed by atoms with Gasteiger partial charge in [0.25, 0.3) is 6.33 Å². The number of nitrogens with zero attached hydrogens (tertiary/aromatic N) is 4. The smallest absolute Gasteiger partial charge is 0.269 e. The van der Waals surface area contributed by atoms with Crippen LogP contribution in [-0.2, 0) is 16.2 Å². The van der Waals surface area contributed by atoms with E-state index in [1.165, 1.54) is 27.6 Å². The summed E-state index contributed by atoms with van der Waals surface area (Å²) in [6.07, 6.45) is 6.00. The van der Waals surface area contributed by atoms with E-state index in [4.69, 9.17) is 14.1 Å². The summed E-state index contributed by atoms with van der Waals surface area (Å²) in [6.45, 7) is 20.6. The van der Waals surface area contributed by atoms with Gasteiger partial charge in [-0.15, -0.1) is 0 Å². The van der Waals surface area contributed by atoms with Crippen molar-refractivity contribution in [3.63, 3.8) is 0 Å². The third-order valence-corrected chi connectivity index (χ3v) is 17.2. The molecule has 0 aliphatic carbocycles. The molecule has 1 aliphatic rings. The lowest BCUT2D eigenvalue weighted by molar-refractivity contribution is -0.570.